The second kappa shape index (κ2) is 10.4. The van der Waals surface area contributed by atoms with Crippen molar-refractivity contribution in [2.45, 2.75) is 18.9 Å². The van der Waals surface area contributed by atoms with Crippen LogP contribution in [0.25, 0.3) is 0 Å². The van der Waals surface area contributed by atoms with Crippen LogP contribution >= 0.6 is 0 Å². The van der Waals surface area contributed by atoms with Crippen LogP contribution in [0, 0.1) is 0 Å². The second-order valence-electron chi connectivity index (χ2n) is 3.92. The molecule has 0 bridgehead atoms. The Bertz CT molecular complexity index is 386. The van der Waals surface area contributed by atoms with Gasteiger partial charge in [0.1, 0.15) is 12.6 Å². The third kappa shape index (κ3) is 10.1. The number of hydrogen-bond acceptors (Lipinski definition) is 6. The lowest BCUT2D eigenvalue weighted by molar-refractivity contribution is -0.142. The van der Waals surface area contributed by atoms with Crippen molar-refractivity contribution < 1.29 is 33.8 Å². The maximum absolute atomic E-state index is 11.4. The molecule has 0 aliphatic heterocycles. The second-order valence-corrected chi connectivity index (χ2v) is 3.92. The molecule has 0 aliphatic carbocycles. The molecule has 5 N–H and O–H groups in total. The average Bonchev–Trinajstić information content (AvgIpc) is 2.41. The number of carbonyl (C=O) groups is 4. The van der Waals surface area contributed by atoms with E-state index in [1.165, 1.54) is 7.11 Å². The monoisotopic (exact) mass is 305 g/mol. The number of rotatable bonds is 10. The summed E-state index contributed by atoms with van der Waals surface area (Å²) >= 11 is 0. The Kier molecular flexibility index (Phi) is 9.26. The van der Waals surface area contributed by atoms with Crippen LogP contribution in [0.2, 0.25) is 0 Å². The van der Waals surface area contributed by atoms with Gasteiger partial charge in [-0.3, -0.25) is 9.59 Å². The van der Waals surface area contributed by atoms with Crippen molar-refractivity contribution in [2.75, 3.05) is 26.9 Å². The Hall–Kier alpha value is -2.36. The summed E-state index contributed by atoms with van der Waals surface area (Å²) in [7, 11) is 1.18. The summed E-state index contributed by atoms with van der Waals surface area (Å²) in [6.07, 6.45) is -0.219. The van der Waals surface area contributed by atoms with E-state index in [0.29, 0.717) is 0 Å². The zero-order chi connectivity index (χ0) is 16.3. The van der Waals surface area contributed by atoms with Gasteiger partial charge in [-0.1, -0.05) is 0 Å². The topological polar surface area (TPSA) is 157 Å². The Morgan fingerprint density at radius 2 is 1.95 bits per heavy atom. The van der Waals surface area contributed by atoms with Gasteiger partial charge < -0.3 is 30.9 Å². The number of nitrogens with two attached hydrogens (primary N) is 1. The van der Waals surface area contributed by atoms with Gasteiger partial charge in [0.15, 0.2) is 0 Å². The normalized spacial score (nSPS) is 11.3. The molecule has 0 aromatic heterocycles. The quantitative estimate of drug-likeness (QED) is 0.274. The van der Waals surface area contributed by atoms with Crippen molar-refractivity contribution in [3.05, 3.63) is 0 Å². The van der Waals surface area contributed by atoms with Crippen molar-refractivity contribution in [2.24, 2.45) is 5.73 Å². The summed E-state index contributed by atoms with van der Waals surface area (Å²) in [5.74, 6) is -2.46. The van der Waals surface area contributed by atoms with Crippen molar-refractivity contribution in [1.82, 2.24) is 10.6 Å². The Labute approximate surface area is 120 Å². The molecule has 120 valence electrons. The summed E-state index contributed by atoms with van der Waals surface area (Å²) in [5, 5.41) is 13.4. The number of methoxy groups -OCH3 is 1. The number of carboxylic acid groups (broad SMARTS) is 1. The molecule has 0 saturated heterocycles. The molecule has 0 aromatic rings. The first-order valence-corrected chi connectivity index (χ1v) is 6.06. The van der Waals surface area contributed by atoms with Crippen molar-refractivity contribution >= 4 is 23.9 Å². The first kappa shape index (κ1) is 18.6. The molecule has 0 radical (unpaired) electrons. The fourth-order valence-electron chi connectivity index (χ4n) is 1.24. The number of hydrogen-bond donors (Lipinski definition) is 4. The molecule has 1 atom stereocenters. The molecule has 0 rings (SSSR count). The molecule has 0 saturated carbocycles. The maximum atomic E-state index is 11.4. The van der Waals surface area contributed by atoms with Gasteiger partial charge in [-0.15, -0.1) is 0 Å². The number of urea groups is 1. The summed E-state index contributed by atoms with van der Waals surface area (Å²) in [4.78, 5) is 43.6. The van der Waals surface area contributed by atoms with Gasteiger partial charge in [-0.05, 0) is 6.42 Å². The lowest BCUT2D eigenvalue weighted by Gasteiger charge is -2.14. The predicted molar refractivity (Wildman–Crippen MR) is 69.2 cm³/mol. The molecule has 0 fully saturated rings. The van der Waals surface area contributed by atoms with E-state index in [1.54, 1.807) is 0 Å². The van der Waals surface area contributed by atoms with E-state index in [4.69, 9.17) is 15.6 Å². The van der Waals surface area contributed by atoms with Crippen LogP contribution in [0.1, 0.15) is 12.8 Å². The molecular formula is C11H19N3O7. The highest BCUT2D eigenvalue weighted by molar-refractivity contribution is 5.83. The van der Waals surface area contributed by atoms with Gasteiger partial charge in [0.2, 0.25) is 5.91 Å². The minimum atomic E-state index is -1.26. The molecule has 21 heavy (non-hydrogen) atoms. The van der Waals surface area contributed by atoms with E-state index in [0.717, 1.165) is 0 Å². The molecule has 10 heteroatoms. The van der Waals surface area contributed by atoms with Crippen LogP contribution < -0.4 is 16.4 Å². The largest absolute Gasteiger partial charge is 0.480 e. The van der Waals surface area contributed by atoms with Gasteiger partial charge in [0.25, 0.3) is 0 Å². The van der Waals surface area contributed by atoms with Crippen LogP contribution in [-0.2, 0) is 23.9 Å². The lowest BCUT2D eigenvalue weighted by atomic mass is 10.1. The maximum Gasteiger partial charge on any atom is 0.326 e. The van der Waals surface area contributed by atoms with Crippen LogP contribution in [0.15, 0.2) is 0 Å². The number of carboxylic acids is 1. The van der Waals surface area contributed by atoms with E-state index in [1.807, 2.05) is 0 Å². The number of carbonyl (C=O) groups excluding carboxylic acids is 3. The summed E-state index contributed by atoms with van der Waals surface area (Å²) in [5.41, 5.74) is 4.84. The van der Waals surface area contributed by atoms with E-state index >= 15 is 0 Å². The Morgan fingerprint density at radius 1 is 1.29 bits per heavy atom. The minimum Gasteiger partial charge on any atom is -0.480 e. The van der Waals surface area contributed by atoms with Crippen molar-refractivity contribution in [3.8, 4) is 0 Å². The molecule has 10 nitrogen and oxygen atoms in total. The number of ether oxygens (including phenoxy) is 2. The fourth-order valence-corrected chi connectivity index (χ4v) is 1.24. The molecule has 0 heterocycles. The van der Waals surface area contributed by atoms with Crippen LogP contribution in [-0.4, -0.2) is 61.9 Å². The Morgan fingerprint density at radius 3 is 2.48 bits per heavy atom. The highest BCUT2D eigenvalue weighted by Gasteiger charge is 2.20. The van der Waals surface area contributed by atoms with Crippen molar-refractivity contribution in [1.29, 1.82) is 0 Å². The van der Waals surface area contributed by atoms with Crippen LogP contribution in [0.3, 0.4) is 0 Å². The fraction of sp³-hybridized carbons (Fsp3) is 0.636. The van der Waals surface area contributed by atoms with Gasteiger partial charge in [-0.2, -0.15) is 0 Å². The number of esters is 1. The lowest BCUT2D eigenvalue weighted by Crippen LogP contribution is -2.47. The van der Waals surface area contributed by atoms with Gasteiger partial charge in [0.05, 0.1) is 13.7 Å². The number of primary amides is 1. The SMILES string of the molecule is COC(=O)CC[C@H](NC(=O)NCCOCC(N)=O)C(=O)O. The van der Waals surface area contributed by atoms with Crippen molar-refractivity contribution in [3.63, 3.8) is 0 Å². The summed E-state index contributed by atoms with van der Waals surface area (Å²) < 4.78 is 9.18. The molecule has 0 aliphatic rings. The molecule has 0 aromatic carbocycles. The third-order valence-electron chi connectivity index (χ3n) is 2.24. The highest BCUT2D eigenvalue weighted by atomic mass is 16.5. The molecule has 3 amide bonds. The highest BCUT2D eigenvalue weighted by Crippen LogP contribution is 1.99. The van der Waals surface area contributed by atoms with Gasteiger partial charge in [-0.25, -0.2) is 9.59 Å². The van der Waals surface area contributed by atoms with Gasteiger partial charge in [0, 0.05) is 13.0 Å². The first-order valence-electron chi connectivity index (χ1n) is 6.06. The predicted octanol–water partition coefficient (Wildman–Crippen LogP) is -1.81. The average molecular weight is 305 g/mol. The minimum absolute atomic E-state index is 0.0518. The zero-order valence-corrected chi connectivity index (χ0v) is 11.6. The summed E-state index contributed by atoms with van der Waals surface area (Å²) in [6.45, 7) is -0.140. The number of amides is 3. The summed E-state index contributed by atoms with van der Waals surface area (Å²) in [6, 6.07) is -1.94. The first-order chi connectivity index (χ1) is 9.86. The van der Waals surface area contributed by atoms with E-state index in [-0.39, 0.29) is 32.6 Å². The Balaban J connectivity index is 3.98. The van der Waals surface area contributed by atoms with Gasteiger partial charge >= 0.3 is 18.0 Å². The van der Waals surface area contributed by atoms with Crippen LogP contribution in [0.5, 0.6) is 0 Å². The zero-order valence-electron chi connectivity index (χ0n) is 11.6. The van der Waals surface area contributed by atoms with E-state index in [9.17, 15) is 19.2 Å². The van der Waals surface area contributed by atoms with E-state index in [2.05, 4.69) is 15.4 Å². The third-order valence-corrected chi connectivity index (χ3v) is 2.24. The molecular weight excluding hydrogens is 286 g/mol. The standard InChI is InChI=1S/C11H19N3O7/c1-20-9(16)3-2-7(10(17)18)14-11(19)13-4-5-21-6-8(12)15/h7H,2-6H2,1H3,(H2,12,15)(H,17,18)(H2,13,14,19)/t7-/m0/s1. The van der Waals surface area contributed by atoms with E-state index < -0.39 is 29.9 Å². The molecule has 0 unspecified atom stereocenters. The molecule has 0 spiro atoms. The van der Waals surface area contributed by atoms with Crippen LogP contribution in [0.4, 0.5) is 4.79 Å². The number of nitrogens with one attached hydrogen (secondary N) is 2. The number of aliphatic carboxylic acids is 1. The smallest absolute Gasteiger partial charge is 0.326 e.